The van der Waals surface area contributed by atoms with Gasteiger partial charge in [0, 0.05) is 13.6 Å². The van der Waals surface area contributed by atoms with E-state index in [2.05, 4.69) is 10.3 Å². The lowest BCUT2D eigenvalue weighted by Gasteiger charge is -2.14. The normalized spacial score (nSPS) is 12.0. The summed E-state index contributed by atoms with van der Waals surface area (Å²) in [7, 11) is 3.31. The van der Waals surface area contributed by atoms with Crippen LogP contribution >= 0.6 is 11.8 Å². The molecular formula is C21H23N3O3S. The van der Waals surface area contributed by atoms with E-state index in [1.165, 1.54) is 16.3 Å². The highest BCUT2D eigenvalue weighted by molar-refractivity contribution is 8.00. The number of amides is 1. The van der Waals surface area contributed by atoms with Crippen molar-refractivity contribution in [2.24, 2.45) is 7.05 Å². The smallest absolute Gasteiger partial charge is 0.261 e. The molecule has 0 bridgehead atoms. The van der Waals surface area contributed by atoms with Crippen molar-refractivity contribution in [1.29, 1.82) is 0 Å². The van der Waals surface area contributed by atoms with Crippen LogP contribution in [0.25, 0.3) is 10.9 Å². The van der Waals surface area contributed by atoms with E-state index in [-0.39, 0.29) is 16.7 Å². The zero-order chi connectivity index (χ0) is 20.1. The first-order chi connectivity index (χ1) is 13.5. The zero-order valence-electron chi connectivity index (χ0n) is 16.1. The van der Waals surface area contributed by atoms with Crippen LogP contribution in [0.15, 0.2) is 58.5 Å². The SMILES string of the molecule is COc1ccc(CCNC(=O)C(C)Sc2nc3ccccc3c(=O)n2C)cc1. The van der Waals surface area contributed by atoms with Crippen LogP contribution in [0.1, 0.15) is 12.5 Å². The number of benzene rings is 2. The summed E-state index contributed by atoms with van der Waals surface area (Å²) >= 11 is 1.28. The Labute approximate surface area is 167 Å². The number of carbonyl (C=O) groups excluding carboxylic acids is 1. The number of para-hydroxylation sites is 1. The molecule has 1 aromatic heterocycles. The van der Waals surface area contributed by atoms with E-state index >= 15 is 0 Å². The quantitative estimate of drug-likeness (QED) is 0.490. The largest absolute Gasteiger partial charge is 0.497 e. The van der Waals surface area contributed by atoms with Gasteiger partial charge in [-0.25, -0.2) is 4.98 Å². The molecular weight excluding hydrogens is 374 g/mol. The Bertz CT molecular complexity index is 1030. The molecule has 0 fully saturated rings. The van der Waals surface area contributed by atoms with Crippen molar-refractivity contribution in [3.8, 4) is 5.75 Å². The van der Waals surface area contributed by atoms with Crippen LogP contribution in [-0.2, 0) is 18.3 Å². The average molecular weight is 398 g/mol. The number of hydrogen-bond acceptors (Lipinski definition) is 5. The molecule has 6 nitrogen and oxygen atoms in total. The van der Waals surface area contributed by atoms with Gasteiger partial charge in [-0.1, -0.05) is 36.0 Å². The lowest BCUT2D eigenvalue weighted by Crippen LogP contribution is -2.33. The number of aromatic nitrogens is 2. The molecule has 1 amide bonds. The second-order valence-corrected chi connectivity index (χ2v) is 7.73. The van der Waals surface area contributed by atoms with Gasteiger partial charge in [0.1, 0.15) is 5.75 Å². The zero-order valence-corrected chi connectivity index (χ0v) is 17.0. The summed E-state index contributed by atoms with van der Waals surface area (Å²) in [6.07, 6.45) is 0.736. The Morgan fingerprint density at radius 3 is 2.64 bits per heavy atom. The number of hydrogen-bond donors (Lipinski definition) is 1. The van der Waals surface area contributed by atoms with Gasteiger partial charge in [-0.15, -0.1) is 0 Å². The van der Waals surface area contributed by atoms with Crippen molar-refractivity contribution in [1.82, 2.24) is 14.9 Å². The van der Waals surface area contributed by atoms with Crippen LogP contribution < -0.4 is 15.6 Å². The molecule has 1 heterocycles. The minimum atomic E-state index is -0.366. The Morgan fingerprint density at radius 1 is 1.21 bits per heavy atom. The van der Waals surface area contributed by atoms with E-state index in [9.17, 15) is 9.59 Å². The fourth-order valence-electron chi connectivity index (χ4n) is 2.78. The lowest BCUT2D eigenvalue weighted by molar-refractivity contribution is -0.120. The monoisotopic (exact) mass is 397 g/mol. The van der Waals surface area contributed by atoms with Crippen LogP contribution in [0, 0.1) is 0 Å². The number of thioether (sulfide) groups is 1. The van der Waals surface area contributed by atoms with Crippen molar-refractivity contribution in [3.63, 3.8) is 0 Å². The van der Waals surface area contributed by atoms with Crippen LogP contribution in [0.2, 0.25) is 0 Å². The van der Waals surface area contributed by atoms with Crippen LogP contribution in [0.5, 0.6) is 5.75 Å². The van der Waals surface area contributed by atoms with Crippen molar-refractivity contribution >= 4 is 28.6 Å². The number of ether oxygens (including phenoxy) is 1. The molecule has 1 N–H and O–H groups in total. The molecule has 0 saturated carbocycles. The third-order valence-electron chi connectivity index (χ3n) is 4.47. The fraction of sp³-hybridized carbons (Fsp3) is 0.286. The average Bonchev–Trinajstić information content (AvgIpc) is 2.72. The molecule has 2 aromatic carbocycles. The fourth-order valence-corrected chi connectivity index (χ4v) is 3.68. The molecule has 0 saturated heterocycles. The van der Waals surface area contributed by atoms with Gasteiger partial charge < -0.3 is 10.1 Å². The maximum absolute atomic E-state index is 12.5. The minimum absolute atomic E-state index is 0.0825. The second-order valence-electron chi connectivity index (χ2n) is 6.42. The molecule has 1 unspecified atom stereocenters. The van der Waals surface area contributed by atoms with Crippen molar-refractivity contribution in [2.45, 2.75) is 23.8 Å². The molecule has 0 aliphatic carbocycles. The number of methoxy groups -OCH3 is 1. The van der Waals surface area contributed by atoms with Crippen molar-refractivity contribution in [2.75, 3.05) is 13.7 Å². The number of carbonyl (C=O) groups is 1. The predicted molar refractivity (Wildman–Crippen MR) is 112 cm³/mol. The number of nitrogens with zero attached hydrogens (tertiary/aromatic N) is 2. The predicted octanol–water partition coefficient (Wildman–Crippen LogP) is 2.78. The highest BCUT2D eigenvalue weighted by Gasteiger charge is 2.17. The summed E-state index contributed by atoms with van der Waals surface area (Å²) < 4.78 is 6.64. The first-order valence-corrected chi connectivity index (χ1v) is 9.90. The molecule has 0 aliphatic heterocycles. The summed E-state index contributed by atoms with van der Waals surface area (Å²) in [5.74, 6) is 0.729. The maximum Gasteiger partial charge on any atom is 0.261 e. The number of fused-ring (bicyclic) bond motifs is 1. The van der Waals surface area contributed by atoms with Gasteiger partial charge in [0.25, 0.3) is 5.56 Å². The standard InChI is InChI=1S/C21H23N3O3S/c1-14(19(25)22-13-12-15-8-10-16(27-3)11-9-15)28-21-23-18-7-5-4-6-17(18)20(26)24(21)2/h4-11,14H,12-13H2,1-3H3,(H,22,25). The molecule has 28 heavy (non-hydrogen) atoms. The Kier molecular flexibility index (Phi) is 6.36. The minimum Gasteiger partial charge on any atom is -0.497 e. The van der Waals surface area contributed by atoms with Gasteiger partial charge in [0.05, 0.1) is 23.3 Å². The molecule has 0 aliphatic rings. The topological polar surface area (TPSA) is 73.2 Å². The summed E-state index contributed by atoms with van der Waals surface area (Å²) in [4.78, 5) is 29.4. The molecule has 3 rings (SSSR count). The van der Waals surface area contributed by atoms with Gasteiger partial charge >= 0.3 is 0 Å². The Morgan fingerprint density at radius 2 is 1.93 bits per heavy atom. The van der Waals surface area contributed by atoms with E-state index in [0.29, 0.717) is 22.6 Å². The highest BCUT2D eigenvalue weighted by Crippen LogP contribution is 2.21. The lowest BCUT2D eigenvalue weighted by atomic mass is 10.1. The van der Waals surface area contributed by atoms with Crippen LogP contribution in [0.4, 0.5) is 0 Å². The van der Waals surface area contributed by atoms with Crippen molar-refractivity contribution < 1.29 is 9.53 Å². The van der Waals surface area contributed by atoms with Crippen LogP contribution in [-0.4, -0.2) is 34.4 Å². The van der Waals surface area contributed by atoms with E-state index in [1.54, 1.807) is 26.3 Å². The molecule has 7 heteroatoms. The van der Waals surface area contributed by atoms with Gasteiger partial charge in [-0.05, 0) is 43.2 Å². The first kappa shape index (κ1) is 19.9. The molecule has 146 valence electrons. The van der Waals surface area contributed by atoms with E-state index in [4.69, 9.17) is 4.74 Å². The molecule has 0 spiro atoms. The van der Waals surface area contributed by atoms with E-state index < -0.39 is 0 Å². The number of rotatable bonds is 7. The van der Waals surface area contributed by atoms with Gasteiger partial charge in [0.2, 0.25) is 5.91 Å². The van der Waals surface area contributed by atoms with E-state index in [0.717, 1.165) is 17.7 Å². The molecule has 1 atom stereocenters. The third-order valence-corrected chi connectivity index (χ3v) is 5.61. The first-order valence-electron chi connectivity index (χ1n) is 9.02. The maximum atomic E-state index is 12.5. The van der Waals surface area contributed by atoms with Gasteiger partial charge in [-0.2, -0.15) is 0 Å². The van der Waals surface area contributed by atoms with Gasteiger partial charge in [0.15, 0.2) is 5.16 Å². The van der Waals surface area contributed by atoms with Crippen molar-refractivity contribution in [3.05, 3.63) is 64.4 Å². The summed E-state index contributed by atoms with van der Waals surface area (Å²) in [5, 5.41) is 3.68. The van der Waals surface area contributed by atoms with Crippen LogP contribution in [0.3, 0.4) is 0 Å². The highest BCUT2D eigenvalue weighted by atomic mass is 32.2. The molecule has 0 radical (unpaired) electrons. The second kappa shape index (κ2) is 8.93. The third kappa shape index (κ3) is 4.54. The summed E-state index contributed by atoms with van der Waals surface area (Å²) in [6.45, 7) is 2.36. The Hall–Kier alpha value is -2.80. The summed E-state index contributed by atoms with van der Waals surface area (Å²) in [5.41, 5.74) is 1.65. The molecule has 3 aromatic rings. The summed E-state index contributed by atoms with van der Waals surface area (Å²) in [6, 6.07) is 15.0. The van der Waals surface area contributed by atoms with Gasteiger partial charge in [-0.3, -0.25) is 14.2 Å². The Balaban J connectivity index is 1.60. The van der Waals surface area contributed by atoms with E-state index in [1.807, 2.05) is 43.3 Å². The number of nitrogens with one attached hydrogen (secondary N) is 1.